The maximum absolute atomic E-state index is 12.4. The van der Waals surface area contributed by atoms with Gasteiger partial charge in [0.2, 0.25) is 0 Å². The van der Waals surface area contributed by atoms with Crippen molar-refractivity contribution in [2.75, 3.05) is 6.61 Å². The lowest BCUT2D eigenvalue weighted by molar-refractivity contribution is -0.0534. The number of amides is 1. The number of hydrogen-bond donors (Lipinski definition) is 0. The van der Waals surface area contributed by atoms with E-state index in [-0.39, 0.29) is 17.4 Å². The molecule has 106 valence electrons. The fourth-order valence-corrected chi connectivity index (χ4v) is 2.51. The number of ether oxygens (including phenoxy) is 2. The summed E-state index contributed by atoms with van der Waals surface area (Å²) in [6, 6.07) is 0. The van der Waals surface area contributed by atoms with E-state index < -0.39 is 13.8 Å². The van der Waals surface area contributed by atoms with Crippen molar-refractivity contribution in [3.8, 4) is 0 Å². The maximum Gasteiger partial charge on any atom is 0.412 e. The van der Waals surface area contributed by atoms with Gasteiger partial charge >= 0.3 is 6.09 Å². The highest BCUT2D eigenvalue weighted by Crippen LogP contribution is 2.35. The number of carbonyl (C=O) groups excluding carboxylic acids is 1. The van der Waals surface area contributed by atoms with E-state index in [0.29, 0.717) is 6.61 Å². The van der Waals surface area contributed by atoms with Crippen LogP contribution in [-0.4, -0.2) is 42.7 Å². The van der Waals surface area contributed by atoms with Gasteiger partial charge in [-0.1, -0.05) is 19.6 Å². The zero-order valence-electron chi connectivity index (χ0n) is 13.0. The molecule has 1 heterocycles. The average Bonchev–Trinajstić information content (AvgIpc) is 2.33. The Labute approximate surface area is 112 Å². The number of carbonyl (C=O) groups is 1. The lowest BCUT2D eigenvalue weighted by Crippen LogP contribution is -2.54. The summed E-state index contributed by atoms with van der Waals surface area (Å²) in [5.41, 5.74) is -0.920. The Hall–Kier alpha value is -0.553. The molecule has 1 atom stereocenters. The number of rotatable bonds is 2. The molecular formula is C13H27NO3Si. The summed E-state index contributed by atoms with van der Waals surface area (Å²) in [4.78, 5) is 14.1. The van der Waals surface area contributed by atoms with Crippen LogP contribution in [0.1, 0.15) is 34.6 Å². The van der Waals surface area contributed by atoms with E-state index >= 15 is 0 Å². The molecule has 0 aliphatic carbocycles. The summed E-state index contributed by atoms with van der Waals surface area (Å²) < 4.78 is 11.3. The van der Waals surface area contributed by atoms with Gasteiger partial charge in [-0.3, -0.25) is 4.90 Å². The summed E-state index contributed by atoms with van der Waals surface area (Å²) in [6.07, 6.45) is -0.266. The molecule has 1 unspecified atom stereocenters. The molecule has 0 aromatic carbocycles. The molecule has 1 aliphatic heterocycles. The lowest BCUT2D eigenvalue weighted by atomic mass is 10.0. The molecule has 0 aromatic heterocycles. The Morgan fingerprint density at radius 1 is 1.28 bits per heavy atom. The van der Waals surface area contributed by atoms with Crippen LogP contribution in [0.4, 0.5) is 4.79 Å². The van der Waals surface area contributed by atoms with E-state index in [0.717, 1.165) is 0 Å². The zero-order chi connectivity index (χ0) is 14.4. The van der Waals surface area contributed by atoms with Crippen molar-refractivity contribution in [1.82, 2.24) is 4.90 Å². The van der Waals surface area contributed by atoms with Gasteiger partial charge in [0.1, 0.15) is 5.72 Å². The molecular weight excluding hydrogens is 246 g/mol. The molecule has 1 rings (SSSR count). The van der Waals surface area contributed by atoms with Crippen molar-refractivity contribution in [1.29, 1.82) is 0 Å². The molecule has 5 heteroatoms. The first-order chi connectivity index (χ1) is 7.88. The molecule has 0 saturated carbocycles. The van der Waals surface area contributed by atoms with Gasteiger partial charge in [0.05, 0.1) is 25.9 Å². The van der Waals surface area contributed by atoms with Crippen LogP contribution in [0.5, 0.6) is 0 Å². The molecule has 1 saturated heterocycles. The highest BCUT2D eigenvalue weighted by atomic mass is 28.3. The standard InChI is InChI=1S/C13H27NO3Si/c1-10(18(6,7)8)17-11(15)14-12(2,3)9-16-13(14,4)5/h10H,9H2,1-8H3. The molecule has 1 aliphatic rings. The third-order valence-electron chi connectivity index (χ3n) is 3.60. The molecule has 0 N–H and O–H groups in total. The van der Waals surface area contributed by atoms with Crippen molar-refractivity contribution in [2.24, 2.45) is 0 Å². The third kappa shape index (κ3) is 3.06. The number of nitrogens with zero attached hydrogens (tertiary/aromatic N) is 1. The summed E-state index contributed by atoms with van der Waals surface area (Å²) in [7, 11) is -1.48. The second-order valence-electron chi connectivity index (χ2n) is 7.28. The predicted molar refractivity (Wildman–Crippen MR) is 75.2 cm³/mol. The van der Waals surface area contributed by atoms with E-state index in [1.54, 1.807) is 4.90 Å². The zero-order valence-corrected chi connectivity index (χ0v) is 14.0. The van der Waals surface area contributed by atoms with Gasteiger partial charge in [0, 0.05) is 0 Å². The highest BCUT2D eigenvalue weighted by Gasteiger charge is 2.50. The van der Waals surface area contributed by atoms with E-state index in [9.17, 15) is 4.79 Å². The summed E-state index contributed by atoms with van der Waals surface area (Å²) in [5, 5.41) is 0. The van der Waals surface area contributed by atoms with E-state index in [1.807, 2.05) is 34.6 Å². The van der Waals surface area contributed by atoms with Crippen LogP contribution < -0.4 is 0 Å². The minimum Gasteiger partial charge on any atom is -0.450 e. The minimum atomic E-state index is -1.48. The van der Waals surface area contributed by atoms with Crippen LogP contribution in [0.15, 0.2) is 0 Å². The Bertz CT molecular complexity index is 318. The van der Waals surface area contributed by atoms with Crippen molar-refractivity contribution < 1.29 is 14.3 Å². The first-order valence-electron chi connectivity index (χ1n) is 6.53. The topological polar surface area (TPSA) is 38.8 Å². The van der Waals surface area contributed by atoms with Crippen LogP contribution >= 0.6 is 0 Å². The smallest absolute Gasteiger partial charge is 0.412 e. The second-order valence-corrected chi connectivity index (χ2v) is 12.8. The Morgan fingerprint density at radius 3 is 2.11 bits per heavy atom. The van der Waals surface area contributed by atoms with E-state index in [2.05, 4.69) is 19.6 Å². The lowest BCUT2D eigenvalue weighted by Gasteiger charge is -2.38. The summed E-state index contributed by atoms with van der Waals surface area (Å²) in [5.74, 6) is 0. The van der Waals surface area contributed by atoms with Crippen LogP contribution in [0.3, 0.4) is 0 Å². The Balaban J connectivity index is 2.83. The molecule has 18 heavy (non-hydrogen) atoms. The fourth-order valence-electron chi connectivity index (χ4n) is 2.06. The van der Waals surface area contributed by atoms with Crippen LogP contribution in [0.2, 0.25) is 19.6 Å². The normalized spacial score (nSPS) is 23.9. The fraction of sp³-hybridized carbons (Fsp3) is 0.923. The predicted octanol–water partition coefficient (Wildman–Crippen LogP) is 3.24. The molecule has 0 spiro atoms. The highest BCUT2D eigenvalue weighted by molar-refractivity contribution is 6.77. The number of hydrogen-bond acceptors (Lipinski definition) is 3. The largest absolute Gasteiger partial charge is 0.450 e. The van der Waals surface area contributed by atoms with Gasteiger partial charge in [0.15, 0.2) is 0 Å². The van der Waals surface area contributed by atoms with Gasteiger partial charge in [-0.15, -0.1) is 0 Å². The van der Waals surface area contributed by atoms with Crippen molar-refractivity contribution in [2.45, 2.75) is 71.3 Å². The SMILES string of the molecule is CC(OC(=O)N1C(C)(C)COC1(C)C)[Si](C)(C)C. The monoisotopic (exact) mass is 273 g/mol. The first kappa shape index (κ1) is 15.5. The second kappa shape index (κ2) is 4.53. The molecule has 4 nitrogen and oxygen atoms in total. The third-order valence-corrected chi connectivity index (χ3v) is 6.16. The Morgan fingerprint density at radius 2 is 1.78 bits per heavy atom. The molecule has 1 amide bonds. The molecule has 1 fully saturated rings. The average molecular weight is 273 g/mol. The van der Waals surface area contributed by atoms with E-state index in [4.69, 9.17) is 9.47 Å². The van der Waals surface area contributed by atoms with Gasteiger partial charge in [-0.25, -0.2) is 4.79 Å². The minimum absolute atomic E-state index is 0.00259. The van der Waals surface area contributed by atoms with E-state index in [1.165, 1.54) is 0 Å². The quantitative estimate of drug-likeness (QED) is 0.725. The molecule has 0 radical (unpaired) electrons. The van der Waals surface area contributed by atoms with Crippen LogP contribution in [0, 0.1) is 0 Å². The van der Waals surface area contributed by atoms with Crippen molar-refractivity contribution in [3.05, 3.63) is 0 Å². The van der Waals surface area contributed by atoms with Gasteiger partial charge in [-0.05, 0) is 34.6 Å². The van der Waals surface area contributed by atoms with Gasteiger partial charge < -0.3 is 9.47 Å². The van der Waals surface area contributed by atoms with Gasteiger partial charge in [0.25, 0.3) is 0 Å². The summed E-state index contributed by atoms with van der Waals surface area (Å²) in [6.45, 7) is 16.9. The van der Waals surface area contributed by atoms with Crippen LogP contribution in [-0.2, 0) is 9.47 Å². The van der Waals surface area contributed by atoms with Crippen molar-refractivity contribution >= 4 is 14.2 Å². The Kier molecular flexibility index (Phi) is 3.90. The first-order valence-corrected chi connectivity index (χ1v) is 10.1. The molecule has 0 aromatic rings. The summed E-state index contributed by atoms with van der Waals surface area (Å²) >= 11 is 0. The maximum atomic E-state index is 12.4. The van der Waals surface area contributed by atoms with Crippen LogP contribution in [0.25, 0.3) is 0 Å². The molecule has 0 bridgehead atoms. The van der Waals surface area contributed by atoms with Crippen molar-refractivity contribution in [3.63, 3.8) is 0 Å². The van der Waals surface area contributed by atoms with Gasteiger partial charge in [-0.2, -0.15) is 0 Å².